The Bertz CT molecular complexity index is 358. The third-order valence-corrected chi connectivity index (χ3v) is 2.84. The van der Waals surface area contributed by atoms with Gasteiger partial charge in [0.05, 0.1) is 12.0 Å². The van der Waals surface area contributed by atoms with E-state index in [9.17, 15) is 14.6 Å². The molecule has 1 aromatic rings. The van der Waals surface area contributed by atoms with E-state index in [-0.39, 0.29) is 16.5 Å². The molecule has 0 heterocycles. The van der Waals surface area contributed by atoms with Crippen LogP contribution in [-0.2, 0) is 0 Å². The first kappa shape index (κ1) is 12.7. The molecule has 0 aliphatic rings. The van der Waals surface area contributed by atoms with E-state index in [4.69, 9.17) is 23.2 Å². The molecule has 15 heavy (non-hydrogen) atoms. The fraction of sp³-hybridized carbons (Fsp3) is 0.400. The maximum Gasteiger partial charge on any atom is 0.130 e. The molecule has 84 valence electrons. The van der Waals surface area contributed by atoms with Gasteiger partial charge in [0.1, 0.15) is 11.9 Å². The molecule has 2 unspecified atom stereocenters. The van der Waals surface area contributed by atoms with Gasteiger partial charge < -0.3 is 10.2 Å². The Morgan fingerprint density at radius 3 is 2.53 bits per heavy atom. The largest absolute Gasteiger partial charge is 0.389 e. The number of hydrogen-bond acceptors (Lipinski definition) is 2. The number of aryl methyl sites for hydroxylation is 1. The smallest absolute Gasteiger partial charge is 0.130 e. The lowest BCUT2D eigenvalue weighted by Crippen LogP contribution is -2.20. The maximum absolute atomic E-state index is 13.4. The second kappa shape index (κ2) is 5.12. The Morgan fingerprint density at radius 2 is 2.00 bits per heavy atom. The lowest BCUT2D eigenvalue weighted by molar-refractivity contribution is 0.0304. The van der Waals surface area contributed by atoms with Gasteiger partial charge in [-0.15, -0.1) is 11.6 Å². The summed E-state index contributed by atoms with van der Waals surface area (Å²) in [6.45, 7) is 1.69. The van der Waals surface area contributed by atoms with Gasteiger partial charge in [0, 0.05) is 10.6 Å². The number of benzene rings is 1. The number of halogens is 3. The first-order valence-corrected chi connectivity index (χ1v) is 5.26. The van der Waals surface area contributed by atoms with Gasteiger partial charge in [-0.1, -0.05) is 11.6 Å². The van der Waals surface area contributed by atoms with E-state index in [1.54, 1.807) is 6.92 Å². The minimum absolute atomic E-state index is 0.00468. The normalized spacial score (nSPS) is 15.1. The molecule has 0 amide bonds. The zero-order valence-corrected chi connectivity index (χ0v) is 9.56. The van der Waals surface area contributed by atoms with Crippen LogP contribution in [0.2, 0.25) is 5.02 Å². The van der Waals surface area contributed by atoms with E-state index in [1.165, 1.54) is 6.07 Å². The highest BCUT2D eigenvalue weighted by atomic mass is 35.5. The minimum atomic E-state index is -1.33. The summed E-state index contributed by atoms with van der Waals surface area (Å²) in [4.78, 5) is 0. The van der Waals surface area contributed by atoms with Crippen LogP contribution in [0.1, 0.15) is 17.2 Å². The standard InChI is InChI=1S/C10H11Cl2FO2/c1-5-2-6(8(13)3-7(5)12)10(15)9(14)4-11/h2-3,9-10,14-15H,4H2,1H3. The molecule has 0 saturated heterocycles. The lowest BCUT2D eigenvalue weighted by Gasteiger charge is -2.17. The maximum atomic E-state index is 13.4. The molecule has 0 aliphatic carbocycles. The number of hydrogen-bond donors (Lipinski definition) is 2. The summed E-state index contributed by atoms with van der Waals surface area (Å²) in [5.74, 6) is -0.815. The molecule has 0 spiro atoms. The van der Waals surface area contributed by atoms with Gasteiger partial charge in [-0.3, -0.25) is 0 Å². The summed E-state index contributed by atoms with van der Waals surface area (Å²) in [5.41, 5.74) is 0.638. The Kier molecular flexibility index (Phi) is 4.34. The van der Waals surface area contributed by atoms with E-state index in [2.05, 4.69) is 0 Å². The molecule has 0 fully saturated rings. The van der Waals surface area contributed by atoms with E-state index < -0.39 is 18.0 Å². The molecule has 2 atom stereocenters. The molecule has 1 aromatic carbocycles. The first-order valence-electron chi connectivity index (χ1n) is 4.35. The average molecular weight is 253 g/mol. The predicted molar refractivity (Wildman–Crippen MR) is 57.8 cm³/mol. The highest BCUT2D eigenvalue weighted by Crippen LogP contribution is 2.26. The molecule has 0 aliphatic heterocycles. The van der Waals surface area contributed by atoms with E-state index >= 15 is 0 Å². The zero-order chi connectivity index (χ0) is 11.6. The van der Waals surface area contributed by atoms with Gasteiger partial charge in [-0.05, 0) is 24.6 Å². The summed E-state index contributed by atoms with van der Waals surface area (Å²) < 4.78 is 13.4. The van der Waals surface area contributed by atoms with Crippen molar-refractivity contribution in [3.8, 4) is 0 Å². The van der Waals surface area contributed by atoms with Crippen LogP contribution in [0, 0.1) is 12.7 Å². The summed E-state index contributed by atoms with van der Waals surface area (Å²) in [5, 5.41) is 19.1. The summed E-state index contributed by atoms with van der Waals surface area (Å²) >= 11 is 11.1. The quantitative estimate of drug-likeness (QED) is 0.812. The van der Waals surface area contributed by atoms with Crippen LogP contribution in [0.4, 0.5) is 4.39 Å². The molecule has 1 rings (SSSR count). The van der Waals surface area contributed by atoms with Crippen molar-refractivity contribution in [1.82, 2.24) is 0 Å². The number of rotatable bonds is 3. The van der Waals surface area contributed by atoms with Gasteiger partial charge >= 0.3 is 0 Å². The predicted octanol–water partition coefficient (Wildman–Crippen LogP) is 2.42. The fourth-order valence-electron chi connectivity index (χ4n) is 1.20. The first-order chi connectivity index (χ1) is 6.97. The zero-order valence-electron chi connectivity index (χ0n) is 8.04. The molecule has 0 bridgehead atoms. The van der Waals surface area contributed by atoms with Gasteiger partial charge in [-0.2, -0.15) is 0 Å². The molecule has 0 aromatic heterocycles. The number of aliphatic hydroxyl groups is 2. The van der Waals surface area contributed by atoms with Gasteiger partial charge in [0.25, 0.3) is 0 Å². The van der Waals surface area contributed by atoms with Crippen LogP contribution in [0.15, 0.2) is 12.1 Å². The number of alkyl halides is 1. The second-order valence-corrected chi connectivity index (χ2v) is 4.01. The Hall–Kier alpha value is -0.350. The van der Waals surface area contributed by atoms with Crippen molar-refractivity contribution in [1.29, 1.82) is 0 Å². The molecule has 0 saturated carbocycles. The fourth-order valence-corrected chi connectivity index (χ4v) is 1.52. The Labute approximate surface area is 97.3 Å². The Balaban J connectivity index is 3.09. The minimum Gasteiger partial charge on any atom is -0.389 e. The molecular formula is C10H11Cl2FO2. The third-order valence-electron chi connectivity index (χ3n) is 2.12. The Morgan fingerprint density at radius 1 is 1.40 bits per heavy atom. The van der Waals surface area contributed by atoms with Crippen LogP contribution in [0.3, 0.4) is 0 Å². The van der Waals surface area contributed by atoms with Gasteiger partial charge in [0.2, 0.25) is 0 Å². The van der Waals surface area contributed by atoms with Crippen LogP contribution >= 0.6 is 23.2 Å². The van der Waals surface area contributed by atoms with Crippen molar-refractivity contribution in [2.45, 2.75) is 19.1 Å². The summed E-state index contributed by atoms with van der Waals surface area (Å²) in [6, 6.07) is 2.51. The van der Waals surface area contributed by atoms with Crippen LogP contribution in [0.25, 0.3) is 0 Å². The monoisotopic (exact) mass is 252 g/mol. The molecule has 5 heteroatoms. The van der Waals surface area contributed by atoms with E-state index in [1.807, 2.05) is 0 Å². The van der Waals surface area contributed by atoms with E-state index in [0.717, 1.165) is 6.07 Å². The lowest BCUT2D eigenvalue weighted by atomic mass is 10.0. The SMILES string of the molecule is Cc1cc(C(O)C(O)CCl)c(F)cc1Cl. The van der Waals surface area contributed by atoms with Gasteiger partial charge in [-0.25, -0.2) is 4.39 Å². The van der Waals surface area contributed by atoms with Crippen LogP contribution in [-0.4, -0.2) is 22.2 Å². The van der Waals surface area contributed by atoms with Crippen molar-refractivity contribution in [2.75, 3.05) is 5.88 Å². The third kappa shape index (κ3) is 2.82. The molecular weight excluding hydrogens is 242 g/mol. The van der Waals surface area contributed by atoms with Crippen LogP contribution < -0.4 is 0 Å². The highest BCUT2D eigenvalue weighted by molar-refractivity contribution is 6.31. The van der Waals surface area contributed by atoms with Crippen molar-refractivity contribution >= 4 is 23.2 Å². The molecule has 2 N–H and O–H groups in total. The molecule has 2 nitrogen and oxygen atoms in total. The van der Waals surface area contributed by atoms with Crippen molar-refractivity contribution in [3.63, 3.8) is 0 Å². The van der Waals surface area contributed by atoms with E-state index in [0.29, 0.717) is 5.56 Å². The van der Waals surface area contributed by atoms with Crippen molar-refractivity contribution in [2.24, 2.45) is 0 Å². The molecule has 0 radical (unpaired) electrons. The topological polar surface area (TPSA) is 40.5 Å². The summed E-state index contributed by atoms with van der Waals surface area (Å²) in [7, 11) is 0. The second-order valence-electron chi connectivity index (χ2n) is 3.29. The van der Waals surface area contributed by atoms with Crippen LogP contribution in [0.5, 0.6) is 0 Å². The summed E-state index contributed by atoms with van der Waals surface area (Å²) in [6.07, 6.45) is -2.53. The van der Waals surface area contributed by atoms with Gasteiger partial charge in [0.15, 0.2) is 0 Å². The average Bonchev–Trinajstić information content (AvgIpc) is 2.21. The van der Waals surface area contributed by atoms with Crippen molar-refractivity contribution < 1.29 is 14.6 Å². The van der Waals surface area contributed by atoms with Crippen molar-refractivity contribution in [3.05, 3.63) is 34.1 Å². The number of aliphatic hydroxyl groups excluding tert-OH is 2. The highest BCUT2D eigenvalue weighted by Gasteiger charge is 2.21.